The molecule has 0 aromatic heterocycles. The largest absolute Gasteiger partial charge is 0.697 e. The van der Waals surface area contributed by atoms with E-state index in [1.165, 1.54) is 13.2 Å². The van der Waals surface area contributed by atoms with Crippen molar-refractivity contribution in [3.8, 4) is 0 Å². The Labute approximate surface area is 76.4 Å². The Morgan fingerprint density at radius 3 is 2.33 bits per heavy atom. The summed E-state index contributed by atoms with van der Waals surface area (Å²) in [7, 11) is -1.43. The summed E-state index contributed by atoms with van der Waals surface area (Å²) >= 11 is 0. The van der Waals surface area contributed by atoms with E-state index in [1.54, 1.807) is 0 Å². The summed E-state index contributed by atoms with van der Waals surface area (Å²) in [5, 5.41) is 0. The maximum absolute atomic E-state index is 10.7. The van der Waals surface area contributed by atoms with Gasteiger partial charge in [-0.15, -0.1) is 9.05 Å². The van der Waals surface area contributed by atoms with Crippen LogP contribution in [0.25, 0.3) is 0 Å². The molecule has 0 N–H and O–H groups in total. The Hall–Kier alpha value is 0.237. The highest BCUT2D eigenvalue weighted by Gasteiger charge is 2.18. The first-order chi connectivity index (χ1) is 5.45. The van der Waals surface area contributed by atoms with Crippen LogP contribution in [0.1, 0.15) is 6.42 Å². The fourth-order valence-electron chi connectivity index (χ4n) is 0.794. The van der Waals surface area contributed by atoms with Crippen molar-refractivity contribution >= 4 is 16.3 Å². The molecule has 0 aromatic rings. The van der Waals surface area contributed by atoms with Crippen LogP contribution < -0.4 is 0 Å². The number of rotatable bonds is 6. The van der Waals surface area contributed by atoms with Gasteiger partial charge in [-0.3, -0.25) is 0 Å². The van der Waals surface area contributed by atoms with Gasteiger partial charge in [-0.25, -0.2) is 0 Å². The van der Waals surface area contributed by atoms with Crippen molar-refractivity contribution in [2.45, 2.75) is 32.1 Å². The highest BCUT2D eigenvalue weighted by atomic mass is 31.1. The molecule has 0 bridgehead atoms. The first-order valence-corrected chi connectivity index (χ1v) is 8.90. The lowest BCUT2D eigenvalue weighted by Crippen LogP contribution is -2.19. The molecule has 0 aliphatic carbocycles. The molecule has 3 nitrogen and oxygen atoms in total. The fraction of sp³-hybridized carbons (Fsp3) is 1.00. The van der Waals surface area contributed by atoms with E-state index in [9.17, 15) is 4.57 Å². The normalized spacial score (nSPS) is 13.2. The SMILES string of the molecule is CO[P+](=O)OCCC[Si](C)(C)C. The monoisotopic (exact) mass is 209 g/mol. The lowest BCUT2D eigenvalue weighted by atomic mass is 10.5. The fourth-order valence-corrected chi connectivity index (χ4v) is 2.38. The van der Waals surface area contributed by atoms with E-state index in [1.807, 2.05) is 0 Å². The van der Waals surface area contributed by atoms with E-state index in [2.05, 4.69) is 24.2 Å². The highest BCUT2D eigenvalue weighted by molar-refractivity contribution is 7.33. The van der Waals surface area contributed by atoms with Gasteiger partial charge in [0.25, 0.3) is 0 Å². The Bertz CT molecular complexity index is 144. The zero-order chi connectivity index (χ0) is 9.61. The molecular weight excluding hydrogens is 191 g/mol. The zero-order valence-corrected chi connectivity index (χ0v) is 10.2. The third kappa shape index (κ3) is 8.33. The van der Waals surface area contributed by atoms with Crippen molar-refractivity contribution in [2.75, 3.05) is 13.7 Å². The van der Waals surface area contributed by atoms with Gasteiger partial charge in [0.2, 0.25) is 0 Å². The summed E-state index contributed by atoms with van der Waals surface area (Å²) in [5.74, 6) is 0. The molecule has 12 heavy (non-hydrogen) atoms. The van der Waals surface area contributed by atoms with Gasteiger partial charge in [-0.2, -0.15) is 0 Å². The molecule has 0 fully saturated rings. The first kappa shape index (κ1) is 12.2. The molecule has 0 amide bonds. The van der Waals surface area contributed by atoms with Gasteiger partial charge < -0.3 is 0 Å². The maximum atomic E-state index is 10.7. The van der Waals surface area contributed by atoms with E-state index in [0.717, 1.165) is 6.42 Å². The predicted octanol–water partition coefficient (Wildman–Crippen LogP) is 3.04. The van der Waals surface area contributed by atoms with Crippen LogP contribution in [-0.2, 0) is 13.6 Å². The molecule has 0 aliphatic heterocycles. The van der Waals surface area contributed by atoms with Crippen LogP contribution in [0, 0.1) is 0 Å². The van der Waals surface area contributed by atoms with Crippen LogP contribution in [0.5, 0.6) is 0 Å². The third-order valence-electron chi connectivity index (χ3n) is 1.42. The molecule has 0 heterocycles. The van der Waals surface area contributed by atoms with Crippen LogP contribution in [0.15, 0.2) is 0 Å². The summed E-state index contributed by atoms with van der Waals surface area (Å²) in [5.41, 5.74) is 0. The van der Waals surface area contributed by atoms with Crippen LogP contribution in [-0.4, -0.2) is 21.8 Å². The minimum absolute atomic E-state index is 0.549. The second kappa shape index (κ2) is 5.81. The van der Waals surface area contributed by atoms with Crippen molar-refractivity contribution < 1.29 is 13.6 Å². The molecule has 0 saturated carbocycles. The average Bonchev–Trinajstić information content (AvgIpc) is 1.96. The van der Waals surface area contributed by atoms with Crippen LogP contribution in [0.3, 0.4) is 0 Å². The summed E-state index contributed by atoms with van der Waals surface area (Å²) in [6.07, 6.45) is 0.986. The first-order valence-electron chi connectivity index (χ1n) is 4.10. The second-order valence-corrected chi connectivity index (χ2v) is 10.6. The van der Waals surface area contributed by atoms with Crippen LogP contribution in [0.4, 0.5) is 0 Å². The molecule has 1 unspecified atom stereocenters. The number of hydrogen-bond donors (Lipinski definition) is 0. The average molecular weight is 209 g/mol. The molecule has 0 rings (SSSR count). The van der Waals surface area contributed by atoms with Crippen molar-refractivity contribution in [1.29, 1.82) is 0 Å². The van der Waals surface area contributed by atoms with Crippen LogP contribution in [0.2, 0.25) is 25.7 Å². The quantitative estimate of drug-likeness (QED) is 0.383. The van der Waals surface area contributed by atoms with Gasteiger partial charge in [-0.05, 0) is 6.42 Å². The molecule has 0 radical (unpaired) electrons. The lowest BCUT2D eigenvalue weighted by Gasteiger charge is -2.13. The highest BCUT2D eigenvalue weighted by Crippen LogP contribution is 2.22. The zero-order valence-electron chi connectivity index (χ0n) is 8.29. The summed E-state index contributed by atoms with van der Waals surface area (Å²) in [6, 6.07) is 1.21. The Balaban J connectivity index is 3.28. The predicted molar refractivity (Wildman–Crippen MR) is 53.3 cm³/mol. The molecule has 0 aromatic carbocycles. The van der Waals surface area contributed by atoms with Gasteiger partial charge >= 0.3 is 8.25 Å². The Kier molecular flexibility index (Phi) is 5.92. The maximum Gasteiger partial charge on any atom is 0.697 e. The Morgan fingerprint density at radius 2 is 1.92 bits per heavy atom. The smallest absolute Gasteiger partial charge is 0.122 e. The molecule has 72 valence electrons. The Morgan fingerprint density at radius 1 is 1.33 bits per heavy atom. The third-order valence-corrected chi connectivity index (χ3v) is 3.96. The second-order valence-electron chi connectivity index (χ2n) is 3.90. The molecule has 0 aliphatic rings. The van der Waals surface area contributed by atoms with Crippen molar-refractivity contribution in [3.63, 3.8) is 0 Å². The van der Waals surface area contributed by atoms with E-state index in [4.69, 9.17) is 4.52 Å². The van der Waals surface area contributed by atoms with Gasteiger partial charge in [0, 0.05) is 12.6 Å². The molecule has 0 spiro atoms. The molecule has 5 heteroatoms. The molecule has 0 saturated heterocycles. The topological polar surface area (TPSA) is 35.5 Å². The summed E-state index contributed by atoms with van der Waals surface area (Å²) in [6.45, 7) is 7.48. The van der Waals surface area contributed by atoms with E-state index in [-0.39, 0.29) is 0 Å². The minimum atomic E-state index is -1.86. The van der Waals surface area contributed by atoms with Crippen LogP contribution >= 0.6 is 8.25 Å². The van der Waals surface area contributed by atoms with E-state index >= 15 is 0 Å². The van der Waals surface area contributed by atoms with Gasteiger partial charge in [0.1, 0.15) is 6.61 Å². The number of hydrogen-bond acceptors (Lipinski definition) is 3. The minimum Gasteiger partial charge on any atom is -0.122 e. The lowest BCUT2D eigenvalue weighted by molar-refractivity contribution is 0.256. The molecular formula is C7H18O3PSi+. The van der Waals surface area contributed by atoms with E-state index in [0.29, 0.717) is 6.61 Å². The standard InChI is InChI=1S/C7H18O3PSi/c1-9-11(8)10-6-5-7-12(2,3)4/h5-7H2,1-4H3/q+1. The van der Waals surface area contributed by atoms with E-state index < -0.39 is 16.3 Å². The summed E-state index contributed by atoms with van der Waals surface area (Å²) in [4.78, 5) is 0. The van der Waals surface area contributed by atoms with Crippen molar-refractivity contribution in [2.24, 2.45) is 0 Å². The van der Waals surface area contributed by atoms with Gasteiger partial charge in [0.15, 0.2) is 0 Å². The van der Waals surface area contributed by atoms with Gasteiger partial charge in [0.05, 0.1) is 7.11 Å². The molecule has 1 atom stereocenters. The van der Waals surface area contributed by atoms with Crippen molar-refractivity contribution in [3.05, 3.63) is 0 Å². The van der Waals surface area contributed by atoms with Crippen molar-refractivity contribution in [1.82, 2.24) is 0 Å². The summed E-state index contributed by atoms with van der Waals surface area (Å²) < 4.78 is 20.0. The van der Waals surface area contributed by atoms with Gasteiger partial charge in [-0.1, -0.05) is 25.7 Å².